The second kappa shape index (κ2) is 7.53. The van der Waals surface area contributed by atoms with Gasteiger partial charge in [-0.1, -0.05) is 23.4 Å². The fraction of sp³-hybridized carbons (Fsp3) is 0.286. The van der Waals surface area contributed by atoms with Crippen LogP contribution in [0.3, 0.4) is 0 Å². The number of nitrogens with one attached hydrogen (secondary N) is 1. The number of rotatable bonds is 4. The molecule has 5 nitrogen and oxygen atoms in total. The standard InChI is InChI=1S/C14H15ClN2O3/c1-9(7-13(16)19)17-14(20)11-5-4-10(3-2-6-18)12(15)8-11/h4-5,8-9,18H,6-7H2,1H3,(H2,16,19)(H,17,20). The van der Waals surface area contributed by atoms with Gasteiger partial charge in [0.15, 0.2) is 0 Å². The summed E-state index contributed by atoms with van der Waals surface area (Å²) < 4.78 is 0. The fourth-order valence-corrected chi connectivity index (χ4v) is 1.78. The maximum absolute atomic E-state index is 11.9. The monoisotopic (exact) mass is 294 g/mol. The summed E-state index contributed by atoms with van der Waals surface area (Å²) in [6.07, 6.45) is 0.0690. The van der Waals surface area contributed by atoms with E-state index in [0.29, 0.717) is 16.1 Å². The highest BCUT2D eigenvalue weighted by atomic mass is 35.5. The zero-order valence-electron chi connectivity index (χ0n) is 10.9. The third-order valence-corrected chi connectivity index (χ3v) is 2.73. The largest absolute Gasteiger partial charge is 0.384 e. The Morgan fingerprint density at radius 1 is 1.50 bits per heavy atom. The highest BCUT2D eigenvalue weighted by Gasteiger charge is 2.12. The fourth-order valence-electron chi connectivity index (χ4n) is 1.55. The third-order valence-electron chi connectivity index (χ3n) is 2.42. The molecule has 106 valence electrons. The van der Waals surface area contributed by atoms with E-state index >= 15 is 0 Å². The summed E-state index contributed by atoms with van der Waals surface area (Å²) in [7, 11) is 0. The van der Waals surface area contributed by atoms with Crippen LogP contribution in [0.25, 0.3) is 0 Å². The minimum atomic E-state index is -0.481. The van der Waals surface area contributed by atoms with Crippen molar-refractivity contribution < 1.29 is 14.7 Å². The number of primary amides is 1. The molecule has 0 saturated heterocycles. The summed E-state index contributed by atoms with van der Waals surface area (Å²) in [5, 5.41) is 11.6. The molecule has 1 rings (SSSR count). The van der Waals surface area contributed by atoms with Crippen LogP contribution in [0, 0.1) is 11.8 Å². The number of hydrogen-bond acceptors (Lipinski definition) is 3. The van der Waals surface area contributed by atoms with Crippen molar-refractivity contribution in [3.8, 4) is 11.8 Å². The Balaban J connectivity index is 2.79. The summed E-state index contributed by atoms with van der Waals surface area (Å²) >= 11 is 5.99. The predicted molar refractivity (Wildman–Crippen MR) is 76.2 cm³/mol. The van der Waals surface area contributed by atoms with E-state index < -0.39 is 5.91 Å². The van der Waals surface area contributed by atoms with Crippen molar-refractivity contribution in [2.45, 2.75) is 19.4 Å². The van der Waals surface area contributed by atoms with Gasteiger partial charge in [0.25, 0.3) is 5.91 Å². The van der Waals surface area contributed by atoms with E-state index in [1.165, 1.54) is 6.07 Å². The Bertz CT molecular complexity index is 576. The van der Waals surface area contributed by atoms with Gasteiger partial charge >= 0.3 is 0 Å². The Hall–Kier alpha value is -2.03. The molecule has 1 atom stereocenters. The Morgan fingerprint density at radius 2 is 2.20 bits per heavy atom. The lowest BCUT2D eigenvalue weighted by Crippen LogP contribution is -2.35. The molecule has 0 saturated carbocycles. The number of aliphatic hydroxyl groups is 1. The van der Waals surface area contributed by atoms with Crippen LogP contribution in [0.1, 0.15) is 29.3 Å². The Kier molecular flexibility index (Phi) is 6.04. The Labute approximate surface area is 122 Å². The molecule has 0 aliphatic rings. The topological polar surface area (TPSA) is 92.4 Å². The van der Waals surface area contributed by atoms with Crippen LogP contribution >= 0.6 is 11.6 Å². The van der Waals surface area contributed by atoms with E-state index in [2.05, 4.69) is 17.2 Å². The van der Waals surface area contributed by atoms with Crippen LogP contribution in [0.5, 0.6) is 0 Å². The lowest BCUT2D eigenvalue weighted by Gasteiger charge is -2.12. The molecule has 6 heteroatoms. The van der Waals surface area contributed by atoms with Crippen molar-refractivity contribution in [3.63, 3.8) is 0 Å². The zero-order chi connectivity index (χ0) is 15.1. The highest BCUT2D eigenvalue weighted by molar-refractivity contribution is 6.32. The first-order valence-corrected chi connectivity index (χ1v) is 6.30. The third kappa shape index (κ3) is 4.92. The number of amides is 2. The Morgan fingerprint density at radius 3 is 2.75 bits per heavy atom. The van der Waals surface area contributed by atoms with Gasteiger partial charge in [-0.05, 0) is 25.1 Å². The molecule has 20 heavy (non-hydrogen) atoms. The molecule has 0 bridgehead atoms. The maximum Gasteiger partial charge on any atom is 0.251 e. The first-order chi connectivity index (χ1) is 9.43. The number of carbonyl (C=O) groups excluding carboxylic acids is 2. The lowest BCUT2D eigenvalue weighted by molar-refractivity contribution is -0.118. The lowest BCUT2D eigenvalue weighted by atomic mass is 10.1. The van der Waals surface area contributed by atoms with E-state index in [-0.39, 0.29) is 25.0 Å². The van der Waals surface area contributed by atoms with Gasteiger partial charge in [0.1, 0.15) is 6.61 Å². The van der Waals surface area contributed by atoms with E-state index in [9.17, 15) is 9.59 Å². The molecule has 0 spiro atoms. The van der Waals surface area contributed by atoms with Crippen molar-refractivity contribution in [2.75, 3.05) is 6.61 Å². The van der Waals surface area contributed by atoms with Crippen LogP contribution < -0.4 is 11.1 Å². The average Bonchev–Trinajstić information content (AvgIpc) is 2.36. The summed E-state index contributed by atoms with van der Waals surface area (Å²) in [5.74, 6) is 4.32. The van der Waals surface area contributed by atoms with Crippen LogP contribution in [0.15, 0.2) is 18.2 Å². The van der Waals surface area contributed by atoms with Gasteiger partial charge in [-0.25, -0.2) is 0 Å². The van der Waals surface area contributed by atoms with Gasteiger partial charge in [0.2, 0.25) is 5.91 Å². The van der Waals surface area contributed by atoms with Gasteiger partial charge in [-0.15, -0.1) is 0 Å². The predicted octanol–water partition coefficient (Wildman–Crippen LogP) is 0.677. The minimum absolute atomic E-state index is 0.0690. The summed E-state index contributed by atoms with van der Waals surface area (Å²) in [4.78, 5) is 22.7. The van der Waals surface area contributed by atoms with Gasteiger partial charge in [0.05, 0.1) is 5.02 Å². The maximum atomic E-state index is 11.9. The van der Waals surface area contributed by atoms with E-state index in [0.717, 1.165) is 0 Å². The van der Waals surface area contributed by atoms with Gasteiger partial charge in [-0.2, -0.15) is 0 Å². The molecule has 1 aromatic rings. The molecule has 0 radical (unpaired) electrons. The first-order valence-electron chi connectivity index (χ1n) is 5.92. The average molecular weight is 295 g/mol. The van der Waals surface area contributed by atoms with Crippen molar-refractivity contribution in [3.05, 3.63) is 34.3 Å². The molecule has 0 fully saturated rings. The molecule has 2 amide bonds. The first kappa shape index (κ1) is 16.0. The second-order valence-electron chi connectivity index (χ2n) is 4.20. The molecule has 4 N–H and O–H groups in total. The smallest absolute Gasteiger partial charge is 0.251 e. The zero-order valence-corrected chi connectivity index (χ0v) is 11.7. The van der Waals surface area contributed by atoms with Gasteiger partial charge in [-0.3, -0.25) is 9.59 Å². The number of nitrogens with two attached hydrogens (primary N) is 1. The molecule has 1 unspecified atom stereocenters. The second-order valence-corrected chi connectivity index (χ2v) is 4.61. The minimum Gasteiger partial charge on any atom is -0.384 e. The van der Waals surface area contributed by atoms with E-state index in [4.69, 9.17) is 22.4 Å². The molecule has 0 aliphatic heterocycles. The van der Waals surface area contributed by atoms with Gasteiger partial charge in [0, 0.05) is 23.6 Å². The van der Waals surface area contributed by atoms with Crippen molar-refractivity contribution >= 4 is 23.4 Å². The molecule has 1 aromatic carbocycles. The highest BCUT2D eigenvalue weighted by Crippen LogP contribution is 2.17. The van der Waals surface area contributed by atoms with Crippen LogP contribution in [0.2, 0.25) is 5.02 Å². The van der Waals surface area contributed by atoms with Crippen molar-refractivity contribution in [2.24, 2.45) is 5.73 Å². The quantitative estimate of drug-likeness (QED) is 0.713. The molecule has 0 aliphatic carbocycles. The van der Waals surface area contributed by atoms with Crippen LogP contribution in [-0.4, -0.2) is 29.6 Å². The summed E-state index contributed by atoms with van der Waals surface area (Å²) in [5.41, 5.74) is 5.94. The molecule has 0 aromatic heterocycles. The normalized spacial score (nSPS) is 11.2. The molecule has 0 heterocycles. The van der Waals surface area contributed by atoms with E-state index in [1.807, 2.05) is 0 Å². The SMILES string of the molecule is CC(CC(N)=O)NC(=O)c1ccc(C#CCO)c(Cl)c1. The molecular formula is C14H15ClN2O3. The number of carbonyl (C=O) groups is 2. The molecular weight excluding hydrogens is 280 g/mol. The van der Waals surface area contributed by atoms with Crippen molar-refractivity contribution in [1.29, 1.82) is 0 Å². The summed E-state index contributed by atoms with van der Waals surface area (Å²) in [6.45, 7) is 1.43. The number of aliphatic hydroxyl groups excluding tert-OH is 1. The number of benzene rings is 1. The van der Waals surface area contributed by atoms with E-state index in [1.54, 1.807) is 19.1 Å². The number of hydrogen-bond donors (Lipinski definition) is 3. The summed E-state index contributed by atoms with van der Waals surface area (Å²) in [6, 6.07) is 4.29. The van der Waals surface area contributed by atoms with Crippen LogP contribution in [0.4, 0.5) is 0 Å². The van der Waals surface area contributed by atoms with Crippen molar-refractivity contribution in [1.82, 2.24) is 5.32 Å². The number of halogens is 1. The van der Waals surface area contributed by atoms with Gasteiger partial charge < -0.3 is 16.2 Å². The van der Waals surface area contributed by atoms with Crippen LogP contribution in [-0.2, 0) is 4.79 Å².